The molecule has 0 saturated heterocycles. The number of anilines is 1. The normalized spacial score (nSPS) is 10.4. The van der Waals surface area contributed by atoms with Crippen molar-refractivity contribution in [3.8, 4) is 0 Å². The Balaban J connectivity index is 2.06. The number of aryl methyl sites for hydroxylation is 1. The zero-order valence-corrected chi connectivity index (χ0v) is 12.0. The molecule has 0 amide bonds. The number of hydrogen-bond donors (Lipinski definition) is 1. The van der Waals surface area contributed by atoms with Gasteiger partial charge in [-0.25, -0.2) is 9.37 Å². The van der Waals surface area contributed by atoms with Crippen LogP contribution < -0.4 is 5.32 Å². The molecule has 0 spiro atoms. The van der Waals surface area contributed by atoms with Gasteiger partial charge in [0.25, 0.3) is 0 Å². The van der Waals surface area contributed by atoms with E-state index in [1.54, 1.807) is 18.3 Å². The molecule has 0 atom stereocenters. The van der Waals surface area contributed by atoms with Crippen molar-refractivity contribution >= 4 is 33.2 Å². The Morgan fingerprint density at radius 2 is 2.17 bits per heavy atom. The van der Waals surface area contributed by atoms with E-state index in [2.05, 4.69) is 26.2 Å². The van der Waals surface area contributed by atoms with E-state index < -0.39 is 0 Å². The molecule has 1 aromatic heterocycles. The second-order valence-electron chi connectivity index (χ2n) is 3.93. The standard InChI is InChI=1S/C13H11BrClFN2/c1-8-4-10(7-18-13(8)15)17-6-9-2-3-12(16)11(14)5-9/h2-5,7,17H,6H2,1H3. The third-order valence-corrected chi connectivity index (χ3v) is 3.50. The van der Waals surface area contributed by atoms with Crippen molar-refractivity contribution < 1.29 is 4.39 Å². The fraction of sp³-hybridized carbons (Fsp3) is 0.154. The summed E-state index contributed by atoms with van der Waals surface area (Å²) in [5.41, 5.74) is 2.79. The van der Waals surface area contributed by atoms with Gasteiger partial charge in [0.2, 0.25) is 0 Å². The summed E-state index contributed by atoms with van der Waals surface area (Å²) in [4.78, 5) is 4.06. The maximum Gasteiger partial charge on any atom is 0.137 e. The van der Waals surface area contributed by atoms with Gasteiger partial charge in [0.05, 0.1) is 16.4 Å². The summed E-state index contributed by atoms with van der Waals surface area (Å²) in [6.07, 6.45) is 1.67. The quantitative estimate of drug-likeness (QED) is 0.835. The monoisotopic (exact) mass is 328 g/mol. The molecule has 94 valence electrons. The number of nitrogens with zero attached hydrogens (tertiary/aromatic N) is 1. The largest absolute Gasteiger partial charge is 0.380 e. The van der Waals surface area contributed by atoms with Crippen LogP contribution in [-0.2, 0) is 6.54 Å². The molecule has 5 heteroatoms. The summed E-state index contributed by atoms with van der Waals surface area (Å²) in [7, 11) is 0. The van der Waals surface area contributed by atoms with E-state index >= 15 is 0 Å². The van der Waals surface area contributed by atoms with Crippen LogP contribution >= 0.6 is 27.5 Å². The van der Waals surface area contributed by atoms with Crippen LogP contribution in [0.15, 0.2) is 34.9 Å². The average Bonchev–Trinajstić information content (AvgIpc) is 2.35. The summed E-state index contributed by atoms with van der Waals surface area (Å²) >= 11 is 9.01. The Morgan fingerprint density at radius 3 is 2.83 bits per heavy atom. The van der Waals surface area contributed by atoms with Crippen LogP contribution in [0.2, 0.25) is 5.15 Å². The highest BCUT2D eigenvalue weighted by Crippen LogP contribution is 2.19. The van der Waals surface area contributed by atoms with E-state index in [1.165, 1.54) is 6.07 Å². The minimum absolute atomic E-state index is 0.261. The van der Waals surface area contributed by atoms with Crippen LogP contribution in [0.5, 0.6) is 0 Å². The third-order valence-electron chi connectivity index (χ3n) is 2.50. The van der Waals surface area contributed by atoms with Crippen LogP contribution in [0, 0.1) is 12.7 Å². The molecule has 2 rings (SSSR count). The first-order valence-corrected chi connectivity index (χ1v) is 6.53. The lowest BCUT2D eigenvalue weighted by molar-refractivity contribution is 0.620. The minimum atomic E-state index is -0.261. The van der Waals surface area contributed by atoms with Gasteiger partial charge in [-0.05, 0) is 52.2 Å². The van der Waals surface area contributed by atoms with Crippen LogP contribution in [-0.4, -0.2) is 4.98 Å². The number of aromatic nitrogens is 1. The highest BCUT2D eigenvalue weighted by molar-refractivity contribution is 9.10. The minimum Gasteiger partial charge on any atom is -0.380 e. The van der Waals surface area contributed by atoms with Gasteiger partial charge in [-0.2, -0.15) is 0 Å². The molecule has 0 fully saturated rings. The maximum atomic E-state index is 13.1. The van der Waals surface area contributed by atoms with Gasteiger partial charge in [0.15, 0.2) is 0 Å². The van der Waals surface area contributed by atoms with Gasteiger partial charge in [-0.1, -0.05) is 17.7 Å². The Morgan fingerprint density at radius 1 is 1.39 bits per heavy atom. The zero-order chi connectivity index (χ0) is 13.1. The summed E-state index contributed by atoms with van der Waals surface area (Å²) in [5, 5.41) is 3.72. The van der Waals surface area contributed by atoms with Crippen LogP contribution in [0.25, 0.3) is 0 Å². The molecule has 0 aliphatic carbocycles. The van der Waals surface area contributed by atoms with Crippen molar-refractivity contribution in [1.29, 1.82) is 0 Å². The first kappa shape index (κ1) is 13.3. The molecular weight excluding hydrogens is 319 g/mol. The fourth-order valence-electron chi connectivity index (χ4n) is 1.51. The average molecular weight is 330 g/mol. The van der Waals surface area contributed by atoms with Crippen LogP contribution in [0.1, 0.15) is 11.1 Å². The van der Waals surface area contributed by atoms with Crippen molar-refractivity contribution in [2.45, 2.75) is 13.5 Å². The van der Waals surface area contributed by atoms with E-state index in [0.717, 1.165) is 16.8 Å². The smallest absolute Gasteiger partial charge is 0.137 e. The molecule has 1 aromatic carbocycles. The molecular formula is C13H11BrClFN2. The second kappa shape index (κ2) is 5.67. The number of rotatable bonds is 3. The predicted octanol–water partition coefficient (Wildman–Crippen LogP) is 4.56. The van der Waals surface area contributed by atoms with E-state index in [-0.39, 0.29) is 5.82 Å². The first-order chi connectivity index (χ1) is 8.56. The second-order valence-corrected chi connectivity index (χ2v) is 5.15. The summed E-state index contributed by atoms with van der Waals surface area (Å²) in [6, 6.07) is 6.85. The van der Waals surface area contributed by atoms with Gasteiger partial charge in [-0.3, -0.25) is 0 Å². The van der Waals surface area contributed by atoms with Gasteiger partial charge < -0.3 is 5.32 Å². The van der Waals surface area contributed by atoms with Gasteiger partial charge in [-0.15, -0.1) is 0 Å². The molecule has 0 aliphatic rings. The Labute approximate surface area is 118 Å². The molecule has 2 nitrogen and oxygen atoms in total. The fourth-order valence-corrected chi connectivity index (χ4v) is 2.04. The van der Waals surface area contributed by atoms with Gasteiger partial charge in [0, 0.05) is 6.54 Å². The van der Waals surface area contributed by atoms with Crippen LogP contribution in [0.3, 0.4) is 0 Å². The third kappa shape index (κ3) is 3.21. The summed E-state index contributed by atoms with van der Waals surface area (Å²) in [5.74, 6) is -0.261. The molecule has 0 saturated carbocycles. The van der Waals surface area contributed by atoms with Crippen molar-refractivity contribution in [3.63, 3.8) is 0 Å². The molecule has 0 bridgehead atoms. The maximum absolute atomic E-state index is 13.1. The molecule has 0 aliphatic heterocycles. The van der Waals surface area contributed by atoms with Crippen molar-refractivity contribution in [2.75, 3.05) is 5.32 Å². The number of halogens is 3. The van der Waals surface area contributed by atoms with Crippen molar-refractivity contribution in [1.82, 2.24) is 4.98 Å². The number of pyridine rings is 1. The van der Waals surface area contributed by atoms with E-state index in [9.17, 15) is 4.39 Å². The Bertz CT molecular complexity index is 523. The molecule has 0 unspecified atom stereocenters. The zero-order valence-electron chi connectivity index (χ0n) is 9.67. The van der Waals surface area contributed by atoms with E-state index in [0.29, 0.717) is 16.2 Å². The molecule has 0 radical (unpaired) electrons. The van der Waals surface area contributed by atoms with Gasteiger partial charge >= 0.3 is 0 Å². The Hall–Kier alpha value is -1.13. The summed E-state index contributed by atoms with van der Waals surface area (Å²) in [6.45, 7) is 2.50. The Kier molecular flexibility index (Phi) is 4.19. The van der Waals surface area contributed by atoms with E-state index in [1.807, 2.05) is 13.0 Å². The lowest BCUT2D eigenvalue weighted by atomic mass is 10.2. The van der Waals surface area contributed by atoms with E-state index in [4.69, 9.17) is 11.6 Å². The predicted molar refractivity (Wildman–Crippen MR) is 75.4 cm³/mol. The topological polar surface area (TPSA) is 24.9 Å². The lowest BCUT2D eigenvalue weighted by Gasteiger charge is -2.08. The molecule has 18 heavy (non-hydrogen) atoms. The number of benzene rings is 1. The molecule has 1 N–H and O–H groups in total. The molecule has 2 aromatic rings. The van der Waals surface area contributed by atoms with Crippen molar-refractivity contribution in [2.24, 2.45) is 0 Å². The lowest BCUT2D eigenvalue weighted by Crippen LogP contribution is -2.00. The number of hydrogen-bond acceptors (Lipinski definition) is 2. The highest BCUT2D eigenvalue weighted by atomic mass is 79.9. The summed E-state index contributed by atoms with van der Waals surface area (Å²) < 4.78 is 13.5. The molecule has 1 heterocycles. The highest BCUT2D eigenvalue weighted by Gasteiger charge is 2.02. The van der Waals surface area contributed by atoms with Gasteiger partial charge in [0.1, 0.15) is 11.0 Å². The van der Waals surface area contributed by atoms with Crippen molar-refractivity contribution in [3.05, 3.63) is 57.0 Å². The number of nitrogens with one attached hydrogen (secondary N) is 1. The first-order valence-electron chi connectivity index (χ1n) is 5.36. The van der Waals surface area contributed by atoms with Crippen LogP contribution in [0.4, 0.5) is 10.1 Å². The SMILES string of the molecule is Cc1cc(NCc2ccc(F)c(Br)c2)cnc1Cl.